The van der Waals surface area contributed by atoms with E-state index >= 15 is 0 Å². The second-order valence-electron chi connectivity index (χ2n) is 5.51. The molecular formula is C15H18N2O6. The van der Waals surface area contributed by atoms with Gasteiger partial charge < -0.3 is 14.7 Å². The number of nitro groups is 1. The molecule has 0 radical (unpaired) electrons. The fraction of sp³-hybridized carbons (Fsp3) is 0.467. The minimum Gasteiger partial charge on any atom is -0.478 e. The number of carbonyl (C=O) groups excluding carboxylic acids is 1. The Morgan fingerprint density at radius 2 is 2.04 bits per heavy atom. The predicted molar refractivity (Wildman–Crippen MR) is 80.6 cm³/mol. The summed E-state index contributed by atoms with van der Waals surface area (Å²) in [5, 5.41) is 19.9. The molecule has 0 aliphatic carbocycles. The molecule has 23 heavy (non-hydrogen) atoms. The largest absolute Gasteiger partial charge is 0.478 e. The number of nitrogens with zero attached hydrogens (tertiary/aromatic N) is 2. The maximum atomic E-state index is 12.4. The highest BCUT2D eigenvalue weighted by atomic mass is 16.6. The number of hydrogen-bond donors (Lipinski definition) is 1. The molecule has 8 heteroatoms. The molecule has 1 unspecified atom stereocenters. The van der Waals surface area contributed by atoms with Crippen molar-refractivity contribution in [1.82, 2.24) is 4.90 Å². The molecule has 1 aliphatic heterocycles. The lowest BCUT2D eigenvalue weighted by Gasteiger charge is -2.27. The molecule has 1 aromatic rings. The normalized spacial score (nSPS) is 17.5. The quantitative estimate of drug-likeness (QED) is 0.655. The van der Waals surface area contributed by atoms with Gasteiger partial charge in [-0.3, -0.25) is 14.9 Å². The Labute approximate surface area is 132 Å². The van der Waals surface area contributed by atoms with Crippen LogP contribution in [0.1, 0.15) is 40.0 Å². The lowest BCUT2D eigenvalue weighted by molar-refractivity contribution is -0.384. The van der Waals surface area contributed by atoms with Crippen LogP contribution in [0.25, 0.3) is 0 Å². The van der Waals surface area contributed by atoms with Gasteiger partial charge in [0.25, 0.3) is 11.6 Å². The summed E-state index contributed by atoms with van der Waals surface area (Å²) >= 11 is 0. The van der Waals surface area contributed by atoms with Gasteiger partial charge in [0.05, 0.1) is 16.6 Å². The van der Waals surface area contributed by atoms with Crippen LogP contribution >= 0.6 is 0 Å². The first-order chi connectivity index (χ1) is 10.9. The molecule has 124 valence electrons. The number of amides is 1. The number of rotatable bonds is 5. The molecule has 2 rings (SSSR count). The van der Waals surface area contributed by atoms with Gasteiger partial charge in [0.1, 0.15) is 0 Å². The summed E-state index contributed by atoms with van der Waals surface area (Å²) in [6.07, 6.45) is 2.83. The van der Waals surface area contributed by atoms with Crippen molar-refractivity contribution in [3.63, 3.8) is 0 Å². The SMILES string of the molecule is CN(CC1CCCCO1)C(=O)c1cc(C(=O)O)cc([N+](=O)[O-])c1. The number of carboxylic acids is 1. The number of benzene rings is 1. The molecule has 1 saturated heterocycles. The lowest BCUT2D eigenvalue weighted by Crippen LogP contribution is -2.37. The van der Waals surface area contributed by atoms with Gasteiger partial charge in [-0.25, -0.2) is 4.79 Å². The van der Waals surface area contributed by atoms with E-state index in [-0.39, 0.29) is 17.2 Å². The molecule has 1 aromatic carbocycles. The lowest BCUT2D eigenvalue weighted by atomic mass is 10.1. The zero-order valence-corrected chi connectivity index (χ0v) is 12.7. The van der Waals surface area contributed by atoms with Crippen LogP contribution in [0.2, 0.25) is 0 Å². The van der Waals surface area contributed by atoms with E-state index in [0.29, 0.717) is 13.2 Å². The Balaban J connectivity index is 2.19. The van der Waals surface area contributed by atoms with Crippen LogP contribution in [-0.4, -0.2) is 53.1 Å². The second-order valence-corrected chi connectivity index (χ2v) is 5.51. The first-order valence-electron chi connectivity index (χ1n) is 7.28. The van der Waals surface area contributed by atoms with Crippen molar-refractivity contribution >= 4 is 17.6 Å². The Bertz CT molecular complexity index is 592. The summed E-state index contributed by atoms with van der Waals surface area (Å²) in [5.74, 6) is -1.79. The van der Waals surface area contributed by atoms with Gasteiger partial charge in [-0.15, -0.1) is 0 Å². The number of hydrogen-bond acceptors (Lipinski definition) is 5. The van der Waals surface area contributed by atoms with Crippen molar-refractivity contribution < 1.29 is 24.4 Å². The number of non-ortho nitro benzene ring substituents is 1. The smallest absolute Gasteiger partial charge is 0.335 e. The van der Waals surface area contributed by atoms with Gasteiger partial charge in [-0.05, 0) is 25.3 Å². The number of likely N-dealkylation sites (N-methyl/N-ethyl adjacent to an activating group) is 1. The third kappa shape index (κ3) is 4.26. The van der Waals surface area contributed by atoms with E-state index in [1.165, 1.54) is 4.90 Å². The van der Waals surface area contributed by atoms with E-state index in [1.807, 2.05) is 0 Å². The highest BCUT2D eigenvalue weighted by Crippen LogP contribution is 2.20. The molecule has 1 fully saturated rings. The van der Waals surface area contributed by atoms with Gasteiger partial charge in [0.2, 0.25) is 0 Å². The van der Waals surface area contributed by atoms with E-state index in [0.717, 1.165) is 37.5 Å². The van der Waals surface area contributed by atoms with Crippen LogP contribution in [0.3, 0.4) is 0 Å². The summed E-state index contributed by atoms with van der Waals surface area (Å²) in [5.41, 5.74) is -0.727. The predicted octanol–water partition coefficient (Wildman–Crippen LogP) is 1.93. The monoisotopic (exact) mass is 322 g/mol. The van der Waals surface area contributed by atoms with E-state index in [2.05, 4.69) is 0 Å². The molecule has 1 aliphatic rings. The van der Waals surface area contributed by atoms with Crippen molar-refractivity contribution in [3.8, 4) is 0 Å². The van der Waals surface area contributed by atoms with Crippen molar-refractivity contribution in [2.24, 2.45) is 0 Å². The van der Waals surface area contributed by atoms with E-state index in [1.54, 1.807) is 7.05 Å². The first-order valence-corrected chi connectivity index (χ1v) is 7.28. The van der Waals surface area contributed by atoms with Gasteiger partial charge >= 0.3 is 5.97 Å². The minimum atomic E-state index is -1.32. The van der Waals surface area contributed by atoms with Crippen LogP contribution in [0.5, 0.6) is 0 Å². The average molecular weight is 322 g/mol. The number of carboxylic acid groups (broad SMARTS) is 1. The maximum Gasteiger partial charge on any atom is 0.335 e. The molecule has 0 spiro atoms. The third-order valence-electron chi connectivity index (χ3n) is 3.72. The zero-order valence-electron chi connectivity index (χ0n) is 12.7. The molecule has 1 amide bonds. The van der Waals surface area contributed by atoms with Gasteiger partial charge in [0.15, 0.2) is 0 Å². The Morgan fingerprint density at radius 3 is 2.61 bits per heavy atom. The van der Waals surface area contributed by atoms with Crippen LogP contribution in [0.4, 0.5) is 5.69 Å². The molecule has 1 heterocycles. The molecule has 1 N–H and O–H groups in total. The molecule has 0 saturated carbocycles. The molecule has 1 atom stereocenters. The molecule has 8 nitrogen and oxygen atoms in total. The fourth-order valence-electron chi connectivity index (χ4n) is 2.52. The number of aromatic carboxylic acids is 1. The fourth-order valence-corrected chi connectivity index (χ4v) is 2.52. The first kappa shape index (κ1) is 16.9. The maximum absolute atomic E-state index is 12.4. The summed E-state index contributed by atoms with van der Waals surface area (Å²) in [6.45, 7) is 1.02. The third-order valence-corrected chi connectivity index (χ3v) is 3.72. The van der Waals surface area contributed by atoms with Crippen LogP contribution in [0.15, 0.2) is 18.2 Å². The standard InChI is InChI=1S/C15H18N2O6/c1-16(9-13-4-2-3-5-23-13)14(18)10-6-11(15(19)20)8-12(7-10)17(21)22/h6-8,13H,2-5,9H2,1H3,(H,19,20). The Kier molecular flexibility index (Phi) is 5.28. The second kappa shape index (κ2) is 7.19. The van der Waals surface area contributed by atoms with Crippen LogP contribution in [0, 0.1) is 10.1 Å². The van der Waals surface area contributed by atoms with Crippen molar-refractivity contribution in [2.75, 3.05) is 20.2 Å². The van der Waals surface area contributed by atoms with Crippen molar-refractivity contribution in [2.45, 2.75) is 25.4 Å². The topological polar surface area (TPSA) is 110 Å². The number of nitro benzene ring substituents is 1. The van der Waals surface area contributed by atoms with Crippen molar-refractivity contribution in [1.29, 1.82) is 0 Å². The highest BCUT2D eigenvalue weighted by Gasteiger charge is 2.23. The average Bonchev–Trinajstić information content (AvgIpc) is 2.54. The van der Waals surface area contributed by atoms with E-state index in [9.17, 15) is 19.7 Å². The summed E-state index contributed by atoms with van der Waals surface area (Å²) in [6, 6.07) is 3.17. The molecule has 0 bridgehead atoms. The summed E-state index contributed by atoms with van der Waals surface area (Å²) in [4.78, 5) is 35.1. The van der Waals surface area contributed by atoms with Crippen LogP contribution in [-0.2, 0) is 4.74 Å². The zero-order chi connectivity index (χ0) is 17.0. The van der Waals surface area contributed by atoms with Gasteiger partial charge in [-0.2, -0.15) is 0 Å². The molecular weight excluding hydrogens is 304 g/mol. The Morgan fingerprint density at radius 1 is 1.35 bits per heavy atom. The summed E-state index contributed by atoms with van der Waals surface area (Å²) in [7, 11) is 1.57. The van der Waals surface area contributed by atoms with Gasteiger partial charge in [0, 0.05) is 37.9 Å². The number of ether oxygens (including phenoxy) is 1. The Hall–Kier alpha value is -2.48. The van der Waals surface area contributed by atoms with E-state index < -0.39 is 22.5 Å². The van der Waals surface area contributed by atoms with E-state index in [4.69, 9.17) is 9.84 Å². The summed E-state index contributed by atoms with van der Waals surface area (Å²) < 4.78 is 5.56. The number of carbonyl (C=O) groups is 2. The van der Waals surface area contributed by atoms with Crippen LogP contribution < -0.4 is 0 Å². The highest BCUT2D eigenvalue weighted by molar-refractivity contribution is 5.98. The molecule has 0 aromatic heterocycles. The van der Waals surface area contributed by atoms with Crippen molar-refractivity contribution in [3.05, 3.63) is 39.4 Å². The minimum absolute atomic E-state index is 0.0186. The van der Waals surface area contributed by atoms with Gasteiger partial charge in [-0.1, -0.05) is 0 Å².